The summed E-state index contributed by atoms with van der Waals surface area (Å²) in [6, 6.07) is 8.68. The molecule has 6 heteroatoms. The third-order valence-corrected chi connectivity index (χ3v) is 4.16. The van der Waals surface area contributed by atoms with Crippen LogP contribution in [0.3, 0.4) is 0 Å². The molecule has 0 saturated carbocycles. The Morgan fingerprint density at radius 3 is 2.58 bits per heavy atom. The van der Waals surface area contributed by atoms with Crippen LogP contribution in [0.1, 0.15) is 18.9 Å². The lowest BCUT2D eigenvalue weighted by atomic mass is 10.2. The molecular weight excluding hydrogens is 322 g/mol. The molecule has 0 bridgehead atoms. The molecule has 1 aromatic carbocycles. The van der Waals surface area contributed by atoms with Crippen LogP contribution < -0.4 is 5.32 Å². The van der Waals surface area contributed by atoms with Gasteiger partial charge in [-0.3, -0.25) is 4.99 Å². The Labute approximate surface area is 150 Å². The highest BCUT2D eigenvalue weighted by Gasteiger charge is 2.06. The quantitative estimate of drug-likeness (QED) is 0.287. The predicted molar refractivity (Wildman–Crippen MR) is 103 cm³/mol. The van der Waals surface area contributed by atoms with E-state index in [9.17, 15) is 0 Å². The van der Waals surface area contributed by atoms with Crippen molar-refractivity contribution < 1.29 is 9.47 Å². The first-order valence-corrected chi connectivity index (χ1v) is 9.62. The number of thioether (sulfide) groups is 1. The molecular formula is C18H31N3O2S. The number of nitrogens with one attached hydrogen (secondary N) is 1. The number of benzene rings is 1. The van der Waals surface area contributed by atoms with E-state index in [-0.39, 0.29) is 0 Å². The van der Waals surface area contributed by atoms with Gasteiger partial charge in [-0.15, -0.1) is 11.8 Å². The van der Waals surface area contributed by atoms with Gasteiger partial charge in [-0.25, -0.2) is 0 Å². The molecule has 0 aromatic heterocycles. The molecule has 24 heavy (non-hydrogen) atoms. The zero-order chi connectivity index (χ0) is 17.6. The Morgan fingerprint density at radius 2 is 1.96 bits per heavy atom. The van der Waals surface area contributed by atoms with Crippen molar-refractivity contribution in [3.05, 3.63) is 29.8 Å². The molecule has 0 atom stereocenters. The highest BCUT2D eigenvalue weighted by molar-refractivity contribution is 7.98. The molecule has 0 heterocycles. The summed E-state index contributed by atoms with van der Waals surface area (Å²) in [4.78, 5) is 8.12. The minimum atomic E-state index is 0.643. The number of hydrogen-bond acceptors (Lipinski definition) is 4. The Hall–Kier alpha value is -1.24. The normalized spacial score (nSPS) is 11.6. The van der Waals surface area contributed by atoms with Crippen LogP contribution >= 0.6 is 11.8 Å². The summed E-state index contributed by atoms with van der Waals surface area (Å²) in [7, 11) is 3.75. The van der Waals surface area contributed by atoms with Crippen LogP contribution in [-0.2, 0) is 16.0 Å². The molecule has 0 saturated heterocycles. The zero-order valence-corrected chi connectivity index (χ0v) is 16.2. The lowest BCUT2D eigenvalue weighted by molar-refractivity contribution is 0.0702. The molecule has 1 N–H and O–H groups in total. The third-order valence-electron chi connectivity index (χ3n) is 3.42. The molecule has 0 fully saturated rings. The van der Waals surface area contributed by atoms with E-state index in [0.717, 1.165) is 32.0 Å². The van der Waals surface area contributed by atoms with Gasteiger partial charge in [0.1, 0.15) is 0 Å². The van der Waals surface area contributed by atoms with Crippen molar-refractivity contribution in [2.75, 3.05) is 53.3 Å². The summed E-state index contributed by atoms with van der Waals surface area (Å²) < 4.78 is 10.4. The summed E-state index contributed by atoms with van der Waals surface area (Å²) in [6.07, 6.45) is 3.00. The first-order chi connectivity index (χ1) is 11.7. The van der Waals surface area contributed by atoms with Gasteiger partial charge in [0.25, 0.3) is 0 Å². The van der Waals surface area contributed by atoms with E-state index in [4.69, 9.17) is 9.47 Å². The third kappa shape index (κ3) is 8.57. The lowest BCUT2D eigenvalue weighted by Crippen LogP contribution is -2.38. The SMILES string of the molecule is CCNC(=NCCCOCCOC)N(C)Cc1ccc(SC)cc1. The first kappa shape index (κ1) is 20.8. The van der Waals surface area contributed by atoms with Crippen LogP contribution in [0.25, 0.3) is 0 Å². The Kier molecular flexibility index (Phi) is 11.4. The summed E-state index contributed by atoms with van der Waals surface area (Å²) in [5.74, 6) is 0.934. The summed E-state index contributed by atoms with van der Waals surface area (Å²) >= 11 is 1.76. The number of aliphatic imine (C=N–C) groups is 1. The molecule has 1 aromatic rings. The van der Waals surface area contributed by atoms with Gasteiger partial charge in [0, 0.05) is 45.3 Å². The predicted octanol–water partition coefficient (Wildman–Crippen LogP) is 2.86. The van der Waals surface area contributed by atoms with Crippen molar-refractivity contribution in [3.63, 3.8) is 0 Å². The van der Waals surface area contributed by atoms with Gasteiger partial charge >= 0.3 is 0 Å². The monoisotopic (exact) mass is 353 g/mol. The van der Waals surface area contributed by atoms with Crippen molar-refractivity contribution in [1.82, 2.24) is 10.2 Å². The standard InChI is InChI=1S/C18H31N3O2S/c1-5-19-18(20-11-6-12-23-14-13-22-3)21(2)15-16-7-9-17(24-4)10-8-16/h7-10H,5-6,11-15H2,1-4H3,(H,19,20). The molecule has 0 aliphatic rings. The van der Waals surface area contributed by atoms with Crippen LogP contribution in [0.4, 0.5) is 0 Å². The maximum Gasteiger partial charge on any atom is 0.193 e. The van der Waals surface area contributed by atoms with Crippen molar-refractivity contribution >= 4 is 17.7 Å². The van der Waals surface area contributed by atoms with E-state index >= 15 is 0 Å². The number of hydrogen-bond donors (Lipinski definition) is 1. The summed E-state index contributed by atoms with van der Waals surface area (Å²) in [6.45, 7) is 6.54. The van der Waals surface area contributed by atoms with Crippen molar-refractivity contribution in [2.45, 2.75) is 24.8 Å². The van der Waals surface area contributed by atoms with Crippen LogP contribution in [0.2, 0.25) is 0 Å². The number of nitrogens with zero attached hydrogens (tertiary/aromatic N) is 2. The molecule has 0 radical (unpaired) electrons. The first-order valence-electron chi connectivity index (χ1n) is 8.40. The molecule has 1 rings (SSSR count). The summed E-state index contributed by atoms with van der Waals surface area (Å²) in [5.41, 5.74) is 1.28. The second-order valence-electron chi connectivity index (χ2n) is 5.40. The largest absolute Gasteiger partial charge is 0.382 e. The zero-order valence-electron chi connectivity index (χ0n) is 15.4. The van der Waals surface area contributed by atoms with E-state index in [1.54, 1.807) is 18.9 Å². The summed E-state index contributed by atoms with van der Waals surface area (Å²) in [5, 5.41) is 3.35. The maximum atomic E-state index is 5.46. The van der Waals surface area contributed by atoms with Gasteiger partial charge in [-0.05, 0) is 37.3 Å². The van der Waals surface area contributed by atoms with Crippen LogP contribution in [0.5, 0.6) is 0 Å². The van der Waals surface area contributed by atoms with Crippen LogP contribution in [0.15, 0.2) is 34.2 Å². The topological polar surface area (TPSA) is 46.1 Å². The molecule has 0 aliphatic carbocycles. The van der Waals surface area contributed by atoms with Gasteiger partial charge in [0.15, 0.2) is 5.96 Å². The second-order valence-corrected chi connectivity index (χ2v) is 6.28. The van der Waals surface area contributed by atoms with Gasteiger partial charge in [0.2, 0.25) is 0 Å². The van der Waals surface area contributed by atoms with E-state index in [2.05, 4.69) is 59.7 Å². The van der Waals surface area contributed by atoms with Crippen LogP contribution in [0, 0.1) is 0 Å². The van der Waals surface area contributed by atoms with E-state index in [1.165, 1.54) is 10.5 Å². The fourth-order valence-corrected chi connectivity index (χ4v) is 2.55. The molecule has 0 amide bonds. The Bertz CT molecular complexity index is 466. The fourth-order valence-electron chi connectivity index (χ4n) is 2.15. The smallest absolute Gasteiger partial charge is 0.193 e. The highest BCUT2D eigenvalue weighted by atomic mass is 32.2. The minimum Gasteiger partial charge on any atom is -0.382 e. The maximum absolute atomic E-state index is 5.46. The molecule has 0 aliphatic heterocycles. The molecule has 0 unspecified atom stereocenters. The Balaban J connectivity index is 2.44. The Morgan fingerprint density at radius 1 is 1.21 bits per heavy atom. The number of guanidine groups is 1. The van der Waals surface area contributed by atoms with E-state index in [0.29, 0.717) is 19.8 Å². The van der Waals surface area contributed by atoms with Gasteiger partial charge in [-0.1, -0.05) is 12.1 Å². The molecule has 136 valence electrons. The average Bonchev–Trinajstić information content (AvgIpc) is 2.60. The van der Waals surface area contributed by atoms with Gasteiger partial charge < -0.3 is 19.7 Å². The van der Waals surface area contributed by atoms with E-state index < -0.39 is 0 Å². The average molecular weight is 354 g/mol. The van der Waals surface area contributed by atoms with Gasteiger partial charge in [0.05, 0.1) is 13.2 Å². The molecule has 5 nitrogen and oxygen atoms in total. The number of rotatable bonds is 11. The van der Waals surface area contributed by atoms with Gasteiger partial charge in [-0.2, -0.15) is 0 Å². The van der Waals surface area contributed by atoms with Crippen molar-refractivity contribution in [2.24, 2.45) is 4.99 Å². The highest BCUT2D eigenvalue weighted by Crippen LogP contribution is 2.15. The van der Waals surface area contributed by atoms with Crippen molar-refractivity contribution in [1.29, 1.82) is 0 Å². The van der Waals surface area contributed by atoms with Crippen molar-refractivity contribution in [3.8, 4) is 0 Å². The minimum absolute atomic E-state index is 0.643. The number of ether oxygens (including phenoxy) is 2. The number of methoxy groups -OCH3 is 1. The van der Waals surface area contributed by atoms with E-state index in [1.807, 2.05) is 0 Å². The van der Waals surface area contributed by atoms with Crippen LogP contribution in [-0.4, -0.2) is 64.2 Å². The lowest BCUT2D eigenvalue weighted by Gasteiger charge is -2.22. The molecule has 0 spiro atoms. The fraction of sp³-hybridized carbons (Fsp3) is 0.611. The second kappa shape index (κ2) is 13.1.